The van der Waals surface area contributed by atoms with E-state index < -0.39 is 4.92 Å². The first kappa shape index (κ1) is 15.8. The summed E-state index contributed by atoms with van der Waals surface area (Å²) in [5.41, 5.74) is 0.650. The standard InChI is InChI=1S/C15H14N2O4S/c1-22-13-5-2-10(3-6-13)15(19)16-9-11-8-12(17(20)21)4-7-14(11)18/h2-8,18H,9H2,1H3,(H,16,19). The van der Waals surface area contributed by atoms with E-state index in [0.29, 0.717) is 11.1 Å². The molecule has 0 atom stereocenters. The molecule has 2 N–H and O–H groups in total. The van der Waals surface area contributed by atoms with Crippen LogP contribution < -0.4 is 5.32 Å². The van der Waals surface area contributed by atoms with Crippen molar-refractivity contribution < 1.29 is 14.8 Å². The van der Waals surface area contributed by atoms with Gasteiger partial charge in [0.2, 0.25) is 0 Å². The molecule has 0 saturated carbocycles. The van der Waals surface area contributed by atoms with Crippen molar-refractivity contribution in [2.45, 2.75) is 11.4 Å². The predicted molar refractivity (Wildman–Crippen MR) is 84.2 cm³/mol. The Balaban J connectivity index is 2.07. The molecule has 1 amide bonds. The highest BCUT2D eigenvalue weighted by molar-refractivity contribution is 7.98. The minimum atomic E-state index is -0.550. The van der Waals surface area contributed by atoms with Crippen LogP contribution in [0, 0.1) is 10.1 Å². The minimum Gasteiger partial charge on any atom is -0.508 e. The molecule has 0 saturated heterocycles. The third-order valence-corrected chi connectivity index (χ3v) is 3.81. The third-order valence-electron chi connectivity index (χ3n) is 3.07. The van der Waals surface area contributed by atoms with Crippen molar-refractivity contribution in [3.8, 4) is 5.75 Å². The molecule has 22 heavy (non-hydrogen) atoms. The second kappa shape index (κ2) is 6.95. The first-order valence-corrected chi connectivity index (χ1v) is 7.62. The third kappa shape index (κ3) is 3.76. The van der Waals surface area contributed by atoms with Gasteiger partial charge in [-0.15, -0.1) is 11.8 Å². The van der Waals surface area contributed by atoms with Gasteiger partial charge in [0.1, 0.15) is 5.75 Å². The monoisotopic (exact) mass is 318 g/mol. The number of aromatic hydroxyl groups is 1. The number of benzene rings is 2. The summed E-state index contributed by atoms with van der Waals surface area (Å²) in [4.78, 5) is 23.2. The summed E-state index contributed by atoms with van der Waals surface area (Å²) in [7, 11) is 0. The van der Waals surface area contributed by atoms with Crippen molar-refractivity contribution in [2.24, 2.45) is 0 Å². The van der Waals surface area contributed by atoms with Gasteiger partial charge in [0, 0.05) is 34.7 Å². The smallest absolute Gasteiger partial charge is 0.270 e. The van der Waals surface area contributed by atoms with Crippen LogP contribution in [0.4, 0.5) is 5.69 Å². The van der Waals surface area contributed by atoms with Crippen molar-refractivity contribution in [2.75, 3.05) is 6.26 Å². The highest BCUT2D eigenvalue weighted by Crippen LogP contribution is 2.22. The van der Waals surface area contributed by atoms with Crippen LogP contribution in [0.1, 0.15) is 15.9 Å². The van der Waals surface area contributed by atoms with Crippen molar-refractivity contribution in [1.82, 2.24) is 5.32 Å². The van der Waals surface area contributed by atoms with Crippen molar-refractivity contribution in [3.05, 3.63) is 63.7 Å². The topological polar surface area (TPSA) is 92.5 Å². The molecule has 0 aliphatic carbocycles. The van der Waals surface area contributed by atoms with Gasteiger partial charge in [-0.1, -0.05) is 0 Å². The molecule has 6 nitrogen and oxygen atoms in total. The number of hydrogen-bond acceptors (Lipinski definition) is 5. The molecular weight excluding hydrogens is 304 g/mol. The van der Waals surface area contributed by atoms with E-state index in [1.807, 2.05) is 18.4 Å². The number of phenols is 1. The predicted octanol–water partition coefficient (Wildman–Crippen LogP) is 2.95. The number of nitrogens with one attached hydrogen (secondary N) is 1. The summed E-state index contributed by atoms with van der Waals surface area (Å²) in [6.45, 7) is 0.0105. The zero-order valence-electron chi connectivity index (χ0n) is 11.8. The van der Waals surface area contributed by atoms with Crippen LogP contribution in [0.3, 0.4) is 0 Å². The number of nitro groups is 1. The SMILES string of the molecule is CSc1ccc(C(=O)NCc2cc([N+](=O)[O-])ccc2O)cc1. The van der Waals surface area contributed by atoms with Gasteiger partial charge in [-0.05, 0) is 36.6 Å². The van der Waals surface area contributed by atoms with Crippen LogP contribution in [-0.4, -0.2) is 22.2 Å². The maximum atomic E-state index is 12.0. The Bertz CT molecular complexity index is 701. The lowest BCUT2D eigenvalue weighted by Gasteiger charge is -2.07. The van der Waals surface area contributed by atoms with Gasteiger partial charge in [-0.2, -0.15) is 0 Å². The minimum absolute atomic E-state index is 0.0105. The molecule has 0 aromatic heterocycles. The van der Waals surface area contributed by atoms with Gasteiger partial charge in [-0.3, -0.25) is 14.9 Å². The molecule has 0 radical (unpaired) electrons. The highest BCUT2D eigenvalue weighted by Gasteiger charge is 2.12. The molecule has 7 heteroatoms. The van der Waals surface area contributed by atoms with E-state index >= 15 is 0 Å². The second-order valence-corrected chi connectivity index (χ2v) is 5.36. The fraction of sp³-hybridized carbons (Fsp3) is 0.133. The molecule has 2 aromatic carbocycles. The van der Waals surface area contributed by atoms with E-state index in [-0.39, 0.29) is 23.9 Å². The first-order chi connectivity index (χ1) is 10.5. The van der Waals surface area contributed by atoms with Gasteiger partial charge >= 0.3 is 0 Å². The van der Waals surface area contributed by atoms with E-state index in [4.69, 9.17) is 0 Å². The zero-order valence-corrected chi connectivity index (χ0v) is 12.6. The van der Waals surface area contributed by atoms with Crippen LogP contribution in [-0.2, 0) is 6.54 Å². The number of hydrogen-bond donors (Lipinski definition) is 2. The highest BCUT2D eigenvalue weighted by atomic mass is 32.2. The number of phenolic OH excluding ortho intramolecular Hbond substituents is 1. The van der Waals surface area contributed by atoms with Crippen LogP contribution >= 0.6 is 11.8 Å². The Morgan fingerprint density at radius 2 is 1.95 bits per heavy atom. The number of nitrogens with zero attached hydrogens (tertiary/aromatic N) is 1. The van der Waals surface area contributed by atoms with E-state index in [0.717, 1.165) is 4.90 Å². The maximum absolute atomic E-state index is 12.0. The Hall–Kier alpha value is -2.54. The molecule has 0 fully saturated rings. The van der Waals surface area contributed by atoms with E-state index in [1.165, 1.54) is 18.2 Å². The molecule has 2 rings (SSSR count). The summed E-state index contributed by atoms with van der Waals surface area (Å²) in [5.74, 6) is -0.401. The normalized spacial score (nSPS) is 10.2. The number of thioether (sulfide) groups is 1. The van der Waals surface area contributed by atoms with Gasteiger partial charge < -0.3 is 10.4 Å². The molecule has 0 aliphatic heterocycles. The Kier molecular flexibility index (Phi) is 5.00. The first-order valence-electron chi connectivity index (χ1n) is 6.40. The van der Waals surface area contributed by atoms with Gasteiger partial charge in [-0.25, -0.2) is 0 Å². The number of amides is 1. The number of rotatable bonds is 5. The summed E-state index contributed by atoms with van der Waals surface area (Å²) in [6.07, 6.45) is 1.94. The molecule has 2 aromatic rings. The Labute approximate surface area is 131 Å². The van der Waals surface area contributed by atoms with Crippen LogP contribution in [0.2, 0.25) is 0 Å². The molecule has 0 bridgehead atoms. The van der Waals surface area contributed by atoms with Crippen LogP contribution in [0.25, 0.3) is 0 Å². The molecule has 0 aliphatic rings. The quantitative estimate of drug-likeness (QED) is 0.502. The van der Waals surface area contributed by atoms with Crippen molar-refractivity contribution >= 4 is 23.4 Å². The Morgan fingerprint density at radius 1 is 1.27 bits per heavy atom. The lowest BCUT2D eigenvalue weighted by atomic mass is 10.1. The average Bonchev–Trinajstić information content (AvgIpc) is 2.53. The molecule has 0 unspecified atom stereocenters. The lowest BCUT2D eigenvalue weighted by Crippen LogP contribution is -2.22. The molecular formula is C15H14N2O4S. The fourth-order valence-corrected chi connectivity index (χ4v) is 2.26. The maximum Gasteiger partial charge on any atom is 0.270 e. The number of nitro benzene ring substituents is 1. The van der Waals surface area contributed by atoms with Gasteiger partial charge in [0.05, 0.1) is 4.92 Å². The second-order valence-electron chi connectivity index (χ2n) is 4.48. The lowest BCUT2D eigenvalue weighted by molar-refractivity contribution is -0.384. The summed E-state index contributed by atoms with van der Waals surface area (Å²) in [5, 5.41) is 23.0. The molecule has 0 heterocycles. The number of carbonyl (C=O) groups excluding carboxylic acids is 1. The van der Waals surface area contributed by atoms with Gasteiger partial charge in [0.15, 0.2) is 0 Å². The molecule has 114 valence electrons. The average molecular weight is 318 g/mol. The number of carbonyl (C=O) groups is 1. The summed E-state index contributed by atoms with van der Waals surface area (Å²) < 4.78 is 0. The largest absolute Gasteiger partial charge is 0.508 e. The van der Waals surface area contributed by atoms with Crippen molar-refractivity contribution in [1.29, 1.82) is 0 Å². The van der Waals surface area contributed by atoms with Crippen LogP contribution in [0.5, 0.6) is 5.75 Å². The van der Waals surface area contributed by atoms with E-state index in [9.17, 15) is 20.0 Å². The fourth-order valence-electron chi connectivity index (χ4n) is 1.85. The van der Waals surface area contributed by atoms with Crippen LogP contribution in [0.15, 0.2) is 47.4 Å². The van der Waals surface area contributed by atoms with Crippen molar-refractivity contribution in [3.63, 3.8) is 0 Å². The van der Waals surface area contributed by atoms with E-state index in [1.54, 1.807) is 23.9 Å². The number of non-ortho nitro benzene ring substituents is 1. The zero-order chi connectivity index (χ0) is 16.1. The summed E-state index contributed by atoms with van der Waals surface area (Å²) in [6, 6.07) is 10.8. The molecule has 0 spiro atoms. The Morgan fingerprint density at radius 3 is 2.55 bits per heavy atom. The van der Waals surface area contributed by atoms with E-state index in [2.05, 4.69) is 5.32 Å². The summed E-state index contributed by atoms with van der Waals surface area (Å²) >= 11 is 1.58. The van der Waals surface area contributed by atoms with Gasteiger partial charge in [0.25, 0.3) is 11.6 Å².